The van der Waals surface area contributed by atoms with Crippen LogP contribution in [0.2, 0.25) is 0 Å². The first-order valence-corrected chi connectivity index (χ1v) is 5.95. The Hall–Kier alpha value is -1.24. The molecule has 0 atom stereocenters. The standard InChI is InChI=1S/C10H10BrF2NO3/c11-5-1-2-7-6-8(17-10(12)13)3-4-9(7)14(15)16/h3-4,6,10H,1-2,5H2. The summed E-state index contributed by atoms with van der Waals surface area (Å²) in [5.74, 6) is -0.0600. The van der Waals surface area contributed by atoms with Crippen molar-refractivity contribution in [2.45, 2.75) is 19.5 Å². The van der Waals surface area contributed by atoms with Gasteiger partial charge in [-0.3, -0.25) is 10.1 Å². The lowest BCUT2D eigenvalue weighted by Crippen LogP contribution is -2.03. The van der Waals surface area contributed by atoms with Gasteiger partial charge in [-0.2, -0.15) is 8.78 Å². The molecule has 0 aliphatic heterocycles. The third kappa shape index (κ3) is 4.26. The second-order valence-corrected chi connectivity index (χ2v) is 4.01. The van der Waals surface area contributed by atoms with E-state index in [1.54, 1.807) is 0 Å². The van der Waals surface area contributed by atoms with Crippen LogP contribution in [-0.4, -0.2) is 16.9 Å². The Bertz CT molecular complexity index is 401. The summed E-state index contributed by atoms with van der Waals surface area (Å²) < 4.78 is 28.2. The van der Waals surface area contributed by atoms with Crippen LogP contribution < -0.4 is 4.74 Å². The van der Waals surface area contributed by atoms with Gasteiger partial charge in [0.1, 0.15) is 5.75 Å². The number of rotatable bonds is 6. The first-order valence-electron chi connectivity index (χ1n) is 4.82. The molecule has 0 saturated carbocycles. The number of benzene rings is 1. The molecule has 4 nitrogen and oxygen atoms in total. The minimum Gasteiger partial charge on any atom is -0.435 e. The van der Waals surface area contributed by atoms with Gasteiger partial charge in [-0.25, -0.2) is 0 Å². The van der Waals surface area contributed by atoms with Gasteiger partial charge in [-0.15, -0.1) is 0 Å². The van der Waals surface area contributed by atoms with Crippen molar-refractivity contribution in [3.63, 3.8) is 0 Å². The number of halogens is 3. The molecule has 0 saturated heterocycles. The summed E-state index contributed by atoms with van der Waals surface area (Å²) in [6.07, 6.45) is 1.11. The smallest absolute Gasteiger partial charge is 0.387 e. The summed E-state index contributed by atoms with van der Waals surface area (Å²) in [7, 11) is 0. The SMILES string of the molecule is O=[N+]([O-])c1ccc(OC(F)F)cc1CCCBr. The maximum absolute atomic E-state index is 12.0. The fourth-order valence-electron chi connectivity index (χ4n) is 1.37. The number of hydrogen-bond acceptors (Lipinski definition) is 3. The van der Waals surface area contributed by atoms with Gasteiger partial charge >= 0.3 is 6.61 Å². The van der Waals surface area contributed by atoms with Crippen molar-refractivity contribution in [1.82, 2.24) is 0 Å². The summed E-state index contributed by atoms with van der Waals surface area (Å²) in [5, 5.41) is 11.4. The van der Waals surface area contributed by atoms with E-state index in [4.69, 9.17) is 0 Å². The molecule has 0 bridgehead atoms. The summed E-state index contributed by atoms with van der Waals surface area (Å²) in [6, 6.07) is 3.64. The van der Waals surface area contributed by atoms with Crippen LogP contribution in [0.15, 0.2) is 18.2 Å². The van der Waals surface area contributed by atoms with Crippen molar-refractivity contribution in [3.05, 3.63) is 33.9 Å². The quantitative estimate of drug-likeness (QED) is 0.459. The Kier molecular flexibility index (Phi) is 5.27. The van der Waals surface area contributed by atoms with E-state index in [-0.39, 0.29) is 11.4 Å². The highest BCUT2D eigenvalue weighted by Gasteiger charge is 2.15. The van der Waals surface area contributed by atoms with E-state index < -0.39 is 11.5 Å². The minimum absolute atomic E-state index is 0.0600. The highest BCUT2D eigenvalue weighted by Crippen LogP contribution is 2.26. The topological polar surface area (TPSA) is 52.4 Å². The lowest BCUT2D eigenvalue weighted by atomic mass is 10.1. The molecule has 0 radical (unpaired) electrons. The number of alkyl halides is 3. The predicted octanol–water partition coefficient (Wildman–Crippen LogP) is 3.52. The zero-order valence-electron chi connectivity index (χ0n) is 8.74. The minimum atomic E-state index is -2.93. The van der Waals surface area contributed by atoms with Gasteiger partial charge in [0.05, 0.1) is 4.92 Å². The number of aryl methyl sites for hydroxylation is 1. The first-order chi connectivity index (χ1) is 8.04. The van der Waals surface area contributed by atoms with Gasteiger partial charge in [-0.1, -0.05) is 15.9 Å². The number of hydrogen-bond donors (Lipinski definition) is 0. The molecule has 7 heteroatoms. The van der Waals surface area contributed by atoms with Gasteiger partial charge < -0.3 is 4.74 Å². The summed E-state index contributed by atoms with van der Waals surface area (Å²) in [5.41, 5.74) is 0.320. The van der Waals surface area contributed by atoms with E-state index in [0.29, 0.717) is 23.7 Å². The van der Waals surface area contributed by atoms with Crippen LogP contribution in [0.3, 0.4) is 0 Å². The third-order valence-electron chi connectivity index (χ3n) is 2.05. The first kappa shape index (κ1) is 13.8. The zero-order valence-corrected chi connectivity index (χ0v) is 10.3. The average molecular weight is 310 g/mol. The molecule has 17 heavy (non-hydrogen) atoms. The molecule has 1 rings (SSSR count). The monoisotopic (exact) mass is 309 g/mol. The molecule has 0 spiro atoms. The molecule has 0 N–H and O–H groups in total. The van der Waals surface area contributed by atoms with E-state index >= 15 is 0 Å². The average Bonchev–Trinajstić information content (AvgIpc) is 2.25. The molecular weight excluding hydrogens is 300 g/mol. The van der Waals surface area contributed by atoms with Crippen molar-refractivity contribution >= 4 is 21.6 Å². The van der Waals surface area contributed by atoms with Crippen LogP contribution in [0.5, 0.6) is 5.75 Å². The van der Waals surface area contributed by atoms with Gasteiger partial charge in [0, 0.05) is 17.0 Å². The van der Waals surface area contributed by atoms with Gasteiger partial charge in [0.2, 0.25) is 0 Å². The fraction of sp³-hybridized carbons (Fsp3) is 0.400. The third-order valence-corrected chi connectivity index (χ3v) is 2.61. The summed E-state index contributed by atoms with van der Waals surface area (Å²) >= 11 is 3.21. The van der Waals surface area contributed by atoms with Crippen LogP contribution in [-0.2, 0) is 6.42 Å². The molecule has 1 aromatic rings. The van der Waals surface area contributed by atoms with Gasteiger partial charge in [0.25, 0.3) is 5.69 Å². The van der Waals surface area contributed by atoms with Crippen molar-refractivity contribution < 1.29 is 18.4 Å². The molecule has 94 valence electrons. The molecular formula is C10H10BrF2NO3. The molecule has 0 heterocycles. The summed E-state index contributed by atoms with van der Waals surface area (Å²) in [6.45, 7) is -2.93. The Morgan fingerprint density at radius 1 is 1.47 bits per heavy atom. The fourth-order valence-corrected chi connectivity index (χ4v) is 1.65. The van der Waals surface area contributed by atoms with Gasteiger partial charge in [-0.05, 0) is 25.0 Å². The maximum Gasteiger partial charge on any atom is 0.387 e. The van der Waals surface area contributed by atoms with Crippen LogP contribution in [0.1, 0.15) is 12.0 Å². The Morgan fingerprint density at radius 2 is 2.18 bits per heavy atom. The maximum atomic E-state index is 12.0. The Morgan fingerprint density at radius 3 is 2.71 bits per heavy atom. The molecule has 0 fully saturated rings. The van der Waals surface area contributed by atoms with E-state index in [1.807, 2.05) is 0 Å². The van der Waals surface area contributed by atoms with Crippen LogP contribution >= 0.6 is 15.9 Å². The lowest BCUT2D eigenvalue weighted by Gasteiger charge is -2.07. The van der Waals surface area contributed by atoms with Gasteiger partial charge in [0.15, 0.2) is 0 Å². The van der Waals surface area contributed by atoms with E-state index in [9.17, 15) is 18.9 Å². The molecule has 0 unspecified atom stereocenters. The molecule has 0 aliphatic carbocycles. The largest absolute Gasteiger partial charge is 0.435 e. The number of nitro benzene ring substituents is 1. The van der Waals surface area contributed by atoms with E-state index in [0.717, 1.165) is 0 Å². The van der Waals surface area contributed by atoms with Crippen LogP contribution in [0, 0.1) is 10.1 Å². The van der Waals surface area contributed by atoms with Crippen molar-refractivity contribution in [2.75, 3.05) is 5.33 Å². The molecule has 0 aromatic heterocycles. The van der Waals surface area contributed by atoms with Crippen molar-refractivity contribution in [1.29, 1.82) is 0 Å². The molecule has 1 aromatic carbocycles. The second kappa shape index (κ2) is 6.48. The molecule has 0 amide bonds. The number of nitrogens with zero attached hydrogens (tertiary/aromatic N) is 1. The highest BCUT2D eigenvalue weighted by atomic mass is 79.9. The zero-order chi connectivity index (χ0) is 12.8. The normalized spacial score (nSPS) is 10.6. The Balaban J connectivity index is 2.96. The predicted molar refractivity (Wildman–Crippen MR) is 61.8 cm³/mol. The van der Waals surface area contributed by atoms with Crippen molar-refractivity contribution in [2.24, 2.45) is 0 Å². The summed E-state index contributed by atoms with van der Waals surface area (Å²) in [4.78, 5) is 10.2. The van der Waals surface area contributed by atoms with E-state index in [2.05, 4.69) is 20.7 Å². The van der Waals surface area contributed by atoms with Crippen molar-refractivity contribution in [3.8, 4) is 5.75 Å². The number of ether oxygens (including phenoxy) is 1. The van der Waals surface area contributed by atoms with Crippen LogP contribution in [0.4, 0.5) is 14.5 Å². The van der Waals surface area contributed by atoms with Crippen LogP contribution in [0.25, 0.3) is 0 Å². The lowest BCUT2D eigenvalue weighted by molar-refractivity contribution is -0.385. The molecule has 0 aliphatic rings. The highest BCUT2D eigenvalue weighted by molar-refractivity contribution is 9.09. The Labute approximate surface area is 105 Å². The van der Waals surface area contributed by atoms with E-state index in [1.165, 1.54) is 18.2 Å². The second-order valence-electron chi connectivity index (χ2n) is 3.22. The number of nitro groups is 1.